The quantitative estimate of drug-likeness (QED) is 0.791. The van der Waals surface area contributed by atoms with Crippen LogP contribution in [-0.4, -0.2) is 17.0 Å². The smallest absolute Gasteiger partial charge is 0.319 e. The summed E-state index contributed by atoms with van der Waals surface area (Å²) in [5.41, 5.74) is -0.537. The zero-order valence-corrected chi connectivity index (χ0v) is 10.1. The summed E-state index contributed by atoms with van der Waals surface area (Å²) in [4.78, 5) is 22.5. The number of hydrogen-bond acceptors (Lipinski definition) is 2. The number of hydrogen-bond donors (Lipinski definition) is 2. The molecule has 1 aromatic rings. The fourth-order valence-corrected chi connectivity index (χ4v) is 1.44. The fraction of sp³-hybridized carbons (Fsp3) is 0.385. The first kappa shape index (κ1) is 13.2. The van der Waals surface area contributed by atoms with Gasteiger partial charge in [-0.3, -0.25) is 9.59 Å². The number of carboxylic acids is 1. The number of para-hydroxylation sites is 1. The molecule has 17 heavy (non-hydrogen) atoms. The van der Waals surface area contributed by atoms with Crippen LogP contribution in [0.15, 0.2) is 30.3 Å². The minimum absolute atomic E-state index is 0.416. The zero-order valence-electron chi connectivity index (χ0n) is 10.1. The van der Waals surface area contributed by atoms with Gasteiger partial charge >= 0.3 is 5.97 Å². The molecule has 1 aliphatic carbocycles. The number of carbonyl (C=O) groups is 2. The number of amides is 1. The van der Waals surface area contributed by atoms with Crippen molar-refractivity contribution in [3.63, 3.8) is 0 Å². The third-order valence-corrected chi connectivity index (χ3v) is 2.63. The molecule has 4 nitrogen and oxygen atoms in total. The Morgan fingerprint density at radius 1 is 1.18 bits per heavy atom. The lowest BCUT2D eigenvalue weighted by molar-refractivity contribution is -0.147. The molecule has 0 saturated heterocycles. The average Bonchev–Trinajstić information content (AvgIpc) is 3.14. The third kappa shape index (κ3) is 2.84. The maximum Gasteiger partial charge on any atom is 0.319 e. The number of carboxylic acid groups (broad SMARTS) is 1. The average molecular weight is 235 g/mol. The minimum Gasteiger partial charge on any atom is -0.480 e. The molecule has 0 atom stereocenters. The van der Waals surface area contributed by atoms with E-state index in [9.17, 15) is 9.59 Å². The highest BCUT2D eigenvalue weighted by Gasteiger charge is 2.57. The van der Waals surface area contributed by atoms with Gasteiger partial charge in [-0.15, -0.1) is 0 Å². The summed E-state index contributed by atoms with van der Waals surface area (Å²) < 4.78 is 0. The van der Waals surface area contributed by atoms with Gasteiger partial charge in [-0.1, -0.05) is 32.0 Å². The first-order valence-corrected chi connectivity index (χ1v) is 5.75. The molecule has 1 fully saturated rings. The number of anilines is 1. The van der Waals surface area contributed by atoms with Gasteiger partial charge in [-0.25, -0.2) is 0 Å². The molecule has 0 spiro atoms. The first-order chi connectivity index (χ1) is 8.15. The Kier molecular flexibility index (Phi) is 4.26. The topological polar surface area (TPSA) is 66.4 Å². The molecule has 0 heterocycles. The number of carbonyl (C=O) groups excluding carboxylic acids is 1. The largest absolute Gasteiger partial charge is 0.480 e. The van der Waals surface area contributed by atoms with E-state index in [1.165, 1.54) is 0 Å². The van der Waals surface area contributed by atoms with Crippen LogP contribution in [0.5, 0.6) is 0 Å². The number of rotatable bonds is 3. The van der Waals surface area contributed by atoms with Gasteiger partial charge in [0.2, 0.25) is 5.91 Å². The van der Waals surface area contributed by atoms with E-state index >= 15 is 0 Å². The summed E-state index contributed by atoms with van der Waals surface area (Å²) in [5.74, 6) is -1.45. The van der Waals surface area contributed by atoms with E-state index in [-0.39, 0.29) is 0 Å². The molecule has 1 amide bonds. The minimum atomic E-state index is -1.17. The van der Waals surface area contributed by atoms with Gasteiger partial charge in [0.05, 0.1) is 0 Å². The monoisotopic (exact) mass is 235 g/mol. The first-order valence-electron chi connectivity index (χ1n) is 5.75. The maximum atomic E-state index is 11.6. The molecule has 1 aromatic carbocycles. The van der Waals surface area contributed by atoms with Gasteiger partial charge in [-0.05, 0) is 25.0 Å². The summed E-state index contributed by atoms with van der Waals surface area (Å²) in [5, 5.41) is 11.5. The Labute approximate surface area is 101 Å². The van der Waals surface area contributed by atoms with Gasteiger partial charge in [0.1, 0.15) is 5.41 Å². The van der Waals surface area contributed by atoms with Crippen molar-refractivity contribution >= 4 is 17.6 Å². The Bertz CT molecular complexity index is 396. The molecule has 0 aliphatic heterocycles. The second kappa shape index (κ2) is 5.48. The Morgan fingerprint density at radius 3 is 2.12 bits per heavy atom. The number of aliphatic carboxylic acids is 1. The van der Waals surface area contributed by atoms with Crippen LogP contribution in [0.25, 0.3) is 0 Å². The molecule has 0 bridgehead atoms. The van der Waals surface area contributed by atoms with E-state index < -0.39 is 17.3 Å². The van der Waals surface area contributed by atoms with Crippen molar-refractivity contribution in [1.29, 1.82) is 0 Å². The van der Waals surface area contributed by atoms with Crippen LogP contribution < -0.4 is 5.32 Å². The predicted octanol–water partition coefficient (Wildman–Crippen LogP) is 2.52. The van der Waals surface area contributed by atoms with Crippen molar-refractivity contribution in [2.24, 2.45) is 5.41 Å². The Hall–Kier alpha value is -1.84. The van der Waals surface area contributed by atoms with Crippen molar-refractivity contribution in [1.82, 2.24) is 0 Å². The van der Waals surface area contributed by atoms with Crippen molar-refractivity contribution in [3.8, 4) is 0 Å². The van der Waals surface area contributed by atoms with Gasteiger partial charge < -0.3 is 10.4 Å². The van der Waals surface area contributed by atoms with E-state index in [4.69, 9.17) is 5.11 Å². The standard InChI is InChI=1S/C11H11NO3.C2H6/c13-9(11(6-7-11)10(14)15)12-8-4-2-1-3-5-8;1-2/h1-5H,6-7H2,(H,12,13)(H,14,15);1-2H3. The molecular formula is C13H17NO3. The van der Waals surface area contributed by atoms with Gasteiger partial charge in [0.15, 0.2) is 0 Å². The van der Waals surface area contributed by atoms with Crippen LogP contribution in [0.3, 0.4) is 0 Å². The summed E-state index contributed by atoms with van der Waals surface area (Å²) in [6.07, 6.45) is 0.863. The summed E-state index contributed by atoms with van der Waals surface area (Å²) in [7, 11) is 0. The lowest BCUT2D eigenvalue weighted by Crippen LogP contribution is -2.31. The molecule has 2 N–H and O–H groups in total. The van der Waals surface area contributed by atoms with Crippen LogP contribution in [0.2, 0.25) is 0 Å². The number of benzene rings is 1. The van der Waals surface area contributed by atoms with Crippen molar-refractivity contribution in [2.45, 2.75) is 26.7 Å². The molecule has 2 rings (SSSR count). The van der Waals surface area contributed by atoms with Crippen molar-refractivity contribution in [2.75, 3.05) is 5.32 Å². The fourth-order valence-electron chi connectivity index (χ4n) is 1.44. The van der Waals surface area contributed by atoms with Crippen LogP contribution in [-0.2, 0) is 9.59 Å². The van der Waals surface area contributed by atoms with E-state index in [0.29, 0.717) is 18.5 Å². The third-order valence-electron chi connectivity index (χ3n) is 2.63. The SMILES string of the molecule is CC.O=C(O)C1(C(=O)Nc2ccccc2)CC1. The summed E-state index contributed by atoms with van der Waals surface area (Å²) in [6.45, 7) is 4.00. The van der Waals surface area contributed by atoms with E-state index in [2.05, 4.69) is 5.32 Å². The van der Waals surface area contributed by atoms with E-state index in [0.717, 1.165) is 0 Å². The van der Waals surface area contributed by atoms with E-state index in [1.807, 2.05) is 19.9 Å². The number of nitrogens with one attached hydrogen (secondary N) is 1. The molecule has 0 aromatic heterocycles. The molecule has 0 radical (unpaired) electrons. The molecule has 92 valence electrons. The normalized spacial score (nSPS) is 15.2. The van der Waals surface area contributed by atoms with Crippen LogP contribution >= 0.6 is 0 Å². The summed E-state index contributed by atoms with van der Waals surface area (Å²) >= 11 is 0. The molecule has 1 saturated carbocycles. The molecule has 1 aliphatic rings. The molecular weight excluding hydrogens is 218 g/mol. The van der Waals surface area contributed by atoms with Gasteiger partial charge in [-0.2, -0.15) is 0 Å². The van der Waals surface area contributed by atoms with Crippen molar-refractivity contribution in [3.05, 3.63) is 30.3 Å². The summed E-state index contributed by atoms with van der Waals surface area (Å²) in [6, 6.07) is 8.87. The Balaban J connectivity index is 0.000000686. The molecule has 0 unspecified atom stereocenters. The van der Waals surface area contributed by atoms with Crippen molar-refractivity contribution < 1.29 is 14.7 Å². The van der Waals surface area contributed by atoms with Gasteiger partial charge in [0.25, 0.3) is 0 Å². The highest BCUT2D eigenvalue weighted by atomic mass is 16.4. The van der Waals surface area contributed by atoms with Crippen LogP contribution in [0, 0.1) is 5.41 Å². The lowest BCUT2D eigenvalue weighted by atomic mass is 10.1. The predicted molar refractivity (Wildman–Crippen MR) is 65.7 cm³/mol. The highest BCUT2D eigenvalue weighted by molar-refractivity contribution is 6.10. The second-order valence-corrected chi connectivity index (χ2v) is 3.71. The Morgan fingerprint density at radius 2 is 1.71 bits per heavy atom. The second-order valence-electron chi connectivity index (χ2n) is 3.71. The van der Waals surface area contributed by atoms with E-state index in [1.54, 1.807) is 24.3 Å². The van der Waals surface area contributed by atoms with Gasteiger partial charge in [0, 0.05) is 5.69 Å². The van der Waals surface area contributed by atoms with Crippen LogP contribution in [0.1, 0.15) is 26.7 Å². The molecule has 4 heteroatoms. The van der Waals surface area contributed by atoms with Crippen LogP contribution in [0.4, 0.5) is 5.69 Å². The lowest BCUT2D eigenvalue weighted by Gasteiger charge is -2.10. The zero-order chi connectivity index (χ0) is 12.9. The maximum absolute atomic E-state index is 11.6. The highest BCUT2D eigenvalue weighted by Crippen LogP contribution is 2.46.